The normalized spacial score (nSPS) is 14.4. The summed E-state index contributed by atoms with van der Waals surface area (Å²) in [6.07, 6.45) is 5.77. The van der Waals surface area contributed by atoms with Crippen LogP contribution in [-0.2, 0) is 24.3 Å². The molecule has 3 heteroatoms. The Hall–Kier alpha value is -0.427. The molecule has 0 aromatic carbocycles. The van der Waals surface area contributed by atoms with Gasteiger partial charge < -0.3 is 5.11 Å². The molecule has 0 aliphatic heterocycles. The quantitative estimate of drug-likeness (QED) is 0.603. The van der Waals surface area contributed by atoms with Crippen molar-refractivity contribution in [2.75, 3.05) is 0 Å². The summed E-state index contributed by atoms with van der Waals surface area (Å²) in [6.45, 7) is 0. The maximum absolute atomic E-state index is 10.1. The van der Waals surface area contributed by atoms with Crippen LogP contribution in [0.2, 0.25) is 0 Å². The van der Waals surface area contributed by atoms with Gasteiger partial charge in [0, 0.05) is 25.1 Å². The minimum atomic E-state index is -0.810. The molecular weight excluding hydrogens is 169 g/mol. The zero-order chi connectivity index (χ0) is 5.98. The van der Waals surface area contributed by atoms with Crippen molar-refractivity contribution in [3.8, 4) is 0 Å². The summed E-state index contributed by atoms with van der Waals surface area (Å²) in [5, 5.41) is 8.30. The Bertz CT molecular complexity index is 170. The van der Waals surface area contributed by atoms with E-state index in [0.717, 1.165) is 0 Å². The minimum absolute atomic E-state index is 0. The predicted octanol–water partition coefficient (Wildman–Crippen LogP) is 0.955. The molecule has 0 unspecified atom stereocenters. The first kappa shape index (κ1) is 8.57. The van der Waals surface area contributed by atoms with E-state index in [4.69, 9.17) is 5.11 Å². The van der Waals surface area contributed by atoms with Crippen molar-refractivity contribution in [2.24, 2.45) is 0 Å². The maximum atomic E-state index is 10.1. The van der Waals surface area contributed by atoms with Crippen molar-refractivity contribution in [1.29, 1.82) is 0 Å². The monoisotopic (exact) mass is 174 g/mol. The molecule has 0 atom stereocenters. The van der Waals surface area contributed by atoms with Crippen molar-refractivity contribution in [1.82, 2.24) is 0 Å². The van der Waals surface area contributed by atoms with E-state index in [0.29, 0.717) is 12.0 Å². The number of allylic oxidation sites excluding steroid dienone is 3. The van der Waals surface area contributed by atoms with Gasteiger partial charge in [0.15, 0.2) is 0 Å². The molecule has 0 radical (unpaired) electrons. The molecule has 0 saturated heterocycles. The molecule has 1 aliphatic rings. The zero-order valence-electron chi connectivity index (χ0n) is 5.00. The molecule has 0 saturated carbocycles. The average molecular weight is 176 g/mol. The van der Waals surface area contributed by atoms with Gasteiger partial charge in [0.05, 0.1) is 0 Å². The van der Waals surface area contributed by atoms with E-state index in [-0.39, 0.29) is 19.5 Å². The Balaban J connectivity index is 0.000000640. The molecule has 1 rings (SSSR count). The second-order valence-corrected chi connectivity index (χ2v) is 1.63. The standard InChI is InChI=1S/C6H6O2.Zn/c7-6(8)5-3-1-2-4-5;/h1-3H,4H2,(H,7,8);. The van der Waals surface area contributed by atoms with Crippen LogP contribution in [0.4, 0.5) is 0 Å². The molecule has 2 nitrogen and oxygen atoms in total. The molecule has 44 valence electrons. The Labute approximate surface area is 66.0 Å². The van der Waals surface area contributed by atoms with Gasteiger partial charge in [-0.05, 0) is 6.42 Å². The van der Waals surface area contributed by atoms with Crippen LogP contribution in [0.5, 0.6) is 0 Å². The van der Waals surface area contributed by atoms with E-state index in [2.05, 4.69) is 0 Å². The van der Waals surface area contributed by atoms with Gasteiger partial charge in [-0.2, -0.15) is 0 Å². The van der Waals surface area contributed by atoms with E-state index in [1.54, 1.807) is 12.2 Å². The van der Waals surface area contributed by atoms with Gasteiger partial charge in [0.1, 0.15) is 0 Å². The summed E-state index contributed by atoms with van der Waals surface area (Å²) < 4.78 is 0. The predicted molar refractivity (Wildman–Crippen MR) is 29.5 cm³/mol. The number of hydrogen-bond donors (Lipinski definition) is 1. The molecular formula is C6H6O2Zn. The molecule has 0 aromatic rings. The first-order chi connectivity index (χ1) is 3.80. The van der Waals surface area contributed by atoms with Crippen LogP contribution in [0.1, 0.15) is 6.42 Å². The number of carboxylic acid groups (broad SMARTS) is 1. The number of aliphatic carboxylic acids is 1. The summed E-state index contributed by atoms with van der Waals surface area (Å²) in [4.78, 5) is 10.1. The van der Waals surface area contributed by atoms with Gasteiger partial charge in [0.25, 0.3) is 0 Å². The van der Waals surface area contributed by atoms with Gasteiger partial charge in [0.2, 0.25) is 0 Å². The molecule has 0 aromatic heterocycles. The summed E-state index contributed by atoms with van der Waals surface area (Å²) in [6, 6.07) is 0. The van der Waals surface area contributed by atoms with E-state index >= 15 is 0 Å². The average Bonchev–Trinajstić information content (AvgIpc) is 2.12. The third-order valence-electron chi connectivity index (χ3n) is 1.05. The minimum Gasteiger partial charge on any atom is -0.478 e. The van der Waals surface area contributed by atoms with Crippen molar-refractivity contribution >= 4 is 5.97 Å². The number of rotatable bonds is 1. The van der Waals surface area contributed by atoms with E-state index in [1.165, 1.54) is 0 Å². The zero-order valence-corrected chi connectivity index (χ0v) is 7.97. The second-order valence-electron chi connectivity index (χ2n) is 1.63. The SMILES string of the molecule is O=C(O)C1=CC=CC1.[Zn]. The van der Waals surface area contributed by atoms with Crippen molar-refractivity contribution in [3.05, 3.63) is 23.8 Å². The fourth-order valence-electron chi connectivity index (χ4n) is 0.606. The summed E-state index contributed by atoms with van der Waals surface area (Å²) in [5.41, 5.74) is 0.477. The molecule has 0 fully saturated rings. The topological polar surface area (TPSA) is 37.3 Å². The van der Waals surface area contributed by atoms with Crippen LogP contribution >= 0.6 is 0 Å². The number of hydrogen-bond acceptors (Lipinski definition) is 1. The van der Waals surface area contributed by atoms with Gasteiger partial charge in [-0.25, -0.2) is 4.79 Å². The molecule has 0 spiro atoms. The van der Waals surface area contributed by atoms with Crippen LogP contribution < -0.4 is 0 Å². The molecule has 9 heavy (non-hydrogen) atoms. The van der Waals surface area contributed by atoms with Crippen molar-refractivity contribution in [2.45, 2.75) is 6.42 Å². The maximum Gasteiger partial charge on any atom is 0.331 e. The third-order valence-corrected chi connectivity index (χ3v) is 1.05. The van der Waals surface area contributed by atoms with Gasteiger partial charge in [-0.1, -0.05) is 18.2 Å². The number of carboxylic acids is 1. The largest absolute Gasteiger partial charge is 0.478 e. The molecule has 0 bridgehead atoms. The first-order valence-electron chi connectivity index (χ1n) is 2.39. The molecule has 0 amide bonds. The number of carbonyl (C=O) groups is 1. The molecule has 0 heterocycles. The fraction of sp³-hybridized carbons (Fsp3) is 0.167. The summed E-state index contributed by atoms with van der Waals surface area (Å²) in [7, 11) is 0. The van der Waals surface area contributed by atoms with Crippen molar-refractivity contribution < 1.29 is 29.4 Å². The van der Waals surface area contributed by atoms with E-state index in [1.807, 2.05) is 6.08 Å². The van der Waals surface area contributed by atoms with Crippen LogP contribution in [0.3, 0.4) is 0 Å². The van der Waals surface area contributed by atoms with Crippen LogP contribution in [-0.4, -0.2) is 11.1 Å². The van der Waals surface area contributed by atoms with Crippen LogP contribution in [0, 0.1) is 0 Å². The van der Waals surface area contributed by atoms with E-state index < -0.39 is 5.97 Å². The summed E-state index contributed by atoms with van der Waals surface area (Å²) >= 11 is 0. The Morgan fingerprint density at radius 1 is 1.67 bits per heavy atom. The Kier molecular flexibility index (Phi) is 3.40. The first-order valence-corrected chi connectivity index (χ1v) is 2.39. The third kappa shape index (κ3) is 2.10. The van der Waals surface area contributed by atoms with Gasteiger partial charge in [-0.15, -0.1) is 0 Å². The smallest absolute Gasteiger partial charge is 0.331 e. The van der Waals surface area contributed by atoms with Crippen LogP contribution in [0.15, 0.2) is 23.8 Å². The molecule has 1 N–H and O–H groups in total. The second kappa shape index (κ2) is 3.57. The summed E-state index contributed by atoms with van der Waals surface area (Å²) in [5.74, 6) is -0.810. The van der Waals surface area contributed by atoms with Crippen LogP contribution in [0.25, 0.3) is 0 Å². The molecule has 1 aliphatic carbocycles. The van der Waals surface area contributed by atoms with Crippen molar-refractivity contribution in [3.63, 3.8) is 0 Å². The van der Waals surface area contributed by atoms with Gasteiger partial charge in [-0.3, -0.25) is 0 Å². The van der Waals surface area contributed by atoms with Gasteiger partial charge >= 0.3 is 5.97 Å². The Morgan fingerprint density at radius 3 is 2.56 bits per heavy atom. The fourth-order valence-corrected chi connectivity index (χ4v) is 0.606. The van der Waals surface area contributed by atoms with E-state index in [9.17, 15) is 4.79 Å². The Morgan fingerprint density at radius 2 is 2.33 bits per heavy atom.